The van der Waals surface area contributed by atoms with Crippen LogP contribution in [0.1, 0.15) is 30.1 Å². The van der Waals surface area contributed by atoms with E-state index in [9.17, 15) is 9.59 Å². The molecule has 0 spiro atoms. The van der Waals surface area contributed by atoms with Crippen molar-refractivity contribution in [3.8, 4) is 0 Å². The summed E-state index contributed by atoms with van der Waals surface area (Å²) in [6.45, 7) is 3.24. The molecule has 0 aromatic heterocycles. The van der Waals surface area contributed by atoms with Crippen molar-refractivity contribution >= 4 is 35.1 Å². The van der Waals surface area contributed by atoms with E-state index < -0.39 is 0 Å². The number of likely N-dealkylation sites (tertiary alicyclic amines) is 1. The molecule has 114 valence electrons. The van der Waals surface area contributed by atoms with Crippen LogP contribution in [0.2, 0.25) is 10.0 Å². The van der Waals surface area contributed by atoms with Gasteiger partial charge in [-0.05, 0) is 38.0 Å². The first-order chi connectivity index (χ1) is 10.0. The zero-order valence-corrected chi connectivity index (χ0v) is 13.3. The molecule has 0 saturated carbocycles. The summed E-state index contributed by atoms with van der Waals surface area (Å²) in [6, 6.07) is 4.83. The topological polar surface area (TPSA) is 46.6 Å². The lowest BCUT2D eigenvalue weighted by Gasteiger charge is -2.31. The second-order valence-electron chi connectivity index (χ2n) is 4.94. The molecule has 0 radical (unpaired) electrons. The van der Waals surface area contributed by atoms with Crippen LogP contribution < -0.4 is 0 Å². The molecule has 1 aliphatic heterocycles. The van der Waals surface area contributed by atoms with E-state index in [1.807, 2.05) is 0 Å². The van der Waals surface area contributed by atoms with Gasteiger partial charge in [0.05, 0.1) is 23.1 Å². The van der Waals surface area contributed by atoms with Crippen LogP contribution in [0.25, 0.3) is 0 Å². The summed E-state index contributed by atoms with van der Waals surface area (Å²) in [5.74, 6) is -0.414. The molecule has 0 aliphatic carbocycles. The maximum absolute atomic E-state index is 12.4. The fraction of sp³-hybridized carbons (Fsp3) is 0.467. The molecule has 4 nitrogen and oxygen atoms in total. The van der Waals surface area contributed by atoms with E-state index in [-0.39, 0.29) is 17.8 Å². The van der Waals surface area contributed by atoms with Crippen LogP contribution in [-0.4, -0.2) is 36.5 Å². The number of piperidine rings is 1. The molecule has 1 aromatic rings. The van der Waals surface area contributed by atoms with Crippen LogP contribution in [0, 0.1) is 5.92 Å². The monoisotopic (exact) mass is 329 g/mol. The number of hydrogen-bond acceptors (Lipinski definition) is 3. The van der Waals surface area contributed by atoms with Gasteiger partial charge in [-0.1, -0.05) is 23.2 Å². The van der Waals surface area contributed by atoms with Crippen LogP contribution >= 0.6 is 23.2 Å². The summed E-state index contributed by atoms with van der Waals surface area (Å²) in [5, 5.41) is 0.845. The van der Waals surface area contributed by atoms with Crippen molar-refractivity contribution in [1.82, 2.24) is 4.90 Å². The van der Waals surface area contributed by atoms with Gasteiger partial charge in [-0.15, -0.1) is 0 Å². The maximum atomic E-state index is 12.4. The Hall–Kier alpha value is -1.26. The Morgan fingerprint density at radius 1 is 1.29 bits per heavy atom. The van der Waals surface area contributed by atoms with E-state index >= 15 is 0 Å². The Kier molecular flexibility index (Phi) is 5.48. The Bertz CT molecular complexity index is 540. The zero-order valence-electron chi connectivity index (χ0n) is 11.8. The molecule has 1 amide bonds. The molecule has 1 fully saturated rings. The molecule has 1 aliphatic rings. The summed E-state index contributed by atoms with van der Waals surface area (Å²) in [6.07, 6.45) is 1.24. The molecule has 1 aromatic carbocycles. The van der Waals surface area contributed by atoms with Crippen LogP contribution in [0.5, 0.6) is 0 Å². The van der Waals surface area contributed by atoms with Gasteiger partial charge in [-0.25, -0.2) is 0 Å². The number of nitrogens with zero attached hydrogens (tertiary/aromatic N) is 1. The lowest BCUT2D eigenvalue weighted by Crippen LogP contribution is -2.40. The van der Waals surface area contributed by atoms with E-state index in [1.165, 1.54) is 0 Å². The molecule has 1 saturated heterocycles. The number of rotatable bonds is 3. The number of carbonyl (C=O) groups is 2. The number of ether oxygens (including phenoxy) is 1. The van der Waals surface area contributed by atoms with E-state index in [1.54, 1.807) is 30.0 Å². The summed E-state index contributed by atoms with van der Waals surface area (Å²) in [5.41, 5.74) is 0.440. The number of hydrogen-bond donors (Lipinski definition) is 0. The van der Waals surface area contributed by atoms with Crippen molar-refractivity contribution < 1.29 is 14.3 Å². The normalized spacial score (nSPS) is 15.9. The van der Waals surface area contributed by atoms with E-state index in [2.05, 4.69) is 0 Å². The Labute approximate surface area is 134 Å². The van der Waals surface area contributed by atoms with Crippen molar-refractivity contribution in [1.29, 1.82) is 0 Å². The van der Waals surface area contributed by atoms with Crippen LogP contribution in [-0.2, 0) is 9.53 Å². The largest absolute Gasteiger partial charge is 0.466 e. The number of amides is 1. The van der Waals surface area contributed by atoms with Gasteiger partial charge in [0.15, 0.2) is 0 Å². The second-order valence-corrected chi connectivity index (χ2v) is 5.79. The molecular formula is C15H17Cl2NO3. The smallest absolute Gasteiger partial charge is 0.309 e. The fourth-order valence-electron chi connectivity index (χ4n) is 2.41. The highest BCUT2D eigenvalue weighted by atomic mass is 35.5. The first kappa shape index (κ1) is 16.1. The lowest BCUT2D eigenvalue weighted by atomic mass is 9.96. The minimum absolute atomic E-state index is 0.116. The van der Waals surface area contributed by atoms with Gasteiger partial charge in [-0.2, -0.15) is 0 Å². The number of esters is 1. The summed E-state index contributed by atoms with van der Waals surface area (Å²) in [7, 11) is 0. The van der Waals surface area contributed by atoms with E-state index in [4.69, 9.17) is 27.9 Å². The van der Waals surface area contributed by atoms with Gasteiger partial charge in [-0.3, -0.25) is 9.59 Å². The zero-order chi connectivity index (χ0) is 15.4. The van der Waals surface area contributed by atoms with Crippen molar-refractivity contribution in [2.24, 2.45) is 5.92 Å². The molecule has 0 atom stereocenters. The highest BCUT2D eigenvalue weighted by Crippen LogP contribution is 2.25. The van der Waals surface area contributed by atoms with Crippen molar-refractivity contribution in [3.05, 3.63) is 33.8 Å². The first-order valence-electron chi connectivity index (χ1n) is 6.94. The third-order valence-corrected chi connectivity index (χ3v) is 4.11. The van der Waals surface area contributed by atoms with Crippen molar-refractivity contribution in [2.45, 2.75) is 19.8 Å². The predicted molar refractivity (Wildman–Crippen MR) is 81.7 cm³/mol. The number of halogens is 2. The summed E-state index contributed by atoms with van der Waals surface area (Å²) >= 11 is 11.9. The first-order valence-corrected chi connectivity index (χ1v) is 7.69. The third kappa shape index (κ3) is 3.89. The molecule has 6 heteroatoms. The fourth-order valence-corrected chi connectivity index (χ4v) is 2.90. The highest BCUT2D eigenvalue weighted by molar-refractivity contribution is 6.36. The third-order valence-electron chi connectivity index (χ3n) is 3.56. The van der Waals surface area contributed by atoms with Crippen LogP contribution in [0.15, 0.2) is 18.2 Å². The number of carbonyl (C=O) groups excluding carboxylic acids is 2. The highest BCUT2D eigenvalue weighted by Gasteiger charge is 2.29. The van der Waals surface area contributed by atoms with E-state index in [0.717, 1.165) is 0 Å². The van der Waals surface area contributed by atoms with Gasteiger partial charge >= 0.3 is 5.97 Å². The Balaban J connectivity index is 1.98. The summed E-state index contributed by atoms with van der Waals surface area (Å²) in [4.78, 5) is 25.8. The van der Waals surface area contributed by atoms with Gasteiger partial charge in [0, 0.05) is 18.1 Å². The second kappa shape index (κ2) is 7.14. The molecule has 2 rings (SSSR count). The van der Waals surface area contributed by atoms with Crippen LogP contribution in [0.4, 0.5) is 0 Å². The minimum Gasteiger partial charge on any atom is -0.466 e. The van der Waals surface area contributed by atoms with Crippen molar-refractivity contribution in [3.63, 3.8) is 0 Å². The molecule has 0 bridgehead atoms. The molecule has 0 unspecified atom stereocenters. The van der Waals surface area contributed by atoms with Crippen molar-refractivity contribution in [2.75, 3.05) is 19.7 Å². The standard InChI is InChI=1S/C15H17Cl2NO3/c1-2-21-15(20)10-5-7-18(8-6-10)14(19)12-4-3-11(16)9-13(12)17/h3-4,9-10H,2,5-8H2,1H3. The lowest BCUT2D eigenvalue weighted by molar-refractivity contribution is -0.149. The SMILES string of the molecule is CCOC(=O)C1CCN(C(=O)c2ccc(Cl)cc2Cl)CC1. The van der Waals surface area contributed by atoms with E-state index in [0.29, 0.717) is 48.1 Å². The summed E-state index contributed by atoms with van der Waals surface area (Å²) < 4.78 is 5.02. The average Bonchev–Trinajstić information content (AvgIpc) is 2.47. The molecule has 1 heterocycles. The average molecular weight is 330 g/mol. The van der Waals surface area contributed by atoms with Gasteiger partial charge < -0.3 is 9.64 Å². The molecule has 21 heavy (non-hydrogen) atoms. The maximum Gasteiger partial charge on any atom is 0.309 e. The quantitative estimate of drug-likeness (QED) is 0.798. The number of benzene rings is 1. The molecular weight excluding hydrogens is 313 g/mol. The van der Waals surface area contributed by atoms with Gasteiger partial charge in [0.25, 0.3) is 5.91 Å². The Morgan fingerprint density at radius 3 is 2.52 bits per heavy atom. The van der Waals surface area contributed by atoms with Gasteiger partial charge in [0.2, 0.25) is 0 Å². The van der Waals surface area contributed by atoms with Crippen LogP contribution in [0.3, 0.4) is 0 Å². The minimum atomic E-state index is -0.172. The predicted octanol–water partition coefficient (Wildman–Crippen LogP) is 3.41. The molecule has 0 N–H and O–H groups in total. The Morgan fingerprint density at radius 2 is 1.95 bits per heavy atom. The van der Waals surface area contributed by atoms with Gasteiger partial charge in [0.1, 0.15) is 0 Å².